The lowest BCUT2D eigenvalue weighted by atomic mass is 9.93. The van der Waals surface area contributed by atoms with Gasteiger partial charge in [0, 0.05) is 23.5 Å². The number of rotatable bonds is 5. The van der Waals surface area contributed by atoms with E-state index < -0.39 is 0 Å². The van der Waals surface area contributed by atoms with E-state index in [0.29, 0.717) is 6.04 Å². The van der Waals surface area contributed by atoms with Crippen molar-refractivity contribution in [3.05, 3.63) is 16.1 Å². The van der Waals surface area contributed by atoms with Crippen LogP contribution >= 0.6 is 11.3 Å². The van der Waals surface area contributed by atoms with Crippen molar-refractivity contribution in [2.45, 2.75) is 45.6 Å². The van der Waals surface area contributed by atoms with Crippen LogP contribution in [0.2, 0.25) is 0 Å². The third-order valence-corrected chi connectivity index (χ3v) is 4.91. The molecule has 1 saturated heterocycles. The fourth-order valence-corrected chi connectivity index (χ4v) is 3.67. The summed E-state index contributed by atoms with van der Waals surface area (Å²) in [4.78, 5) is 8.45. The fourth-order valence-electron chi connectivity index (χ4n) is 2.62. The van der Waals surface area contributed by atoms with Crippen molar-refractivity contribution in [2.75, 3.05) is 19.6 Å². The number of thiazole rings is 1. The van der Waals surface area contributed by atoms with Crippen LogP contribution in [0.4, 0.5) is 0 Å². The predicted molar refractivity (Wildman–Crippen MR) is 78.0 cm³/mol. The van der Waals surface area contributed by atoms with Gasteiger partial charge in [0.15, 0.2) is 0 Å². The summed E-state index contributed by atoms with van der Waals surface area (Å²) in [6, 6.07) is 0.696. The SMILES string of the molecule is CC(C)N1CCC(Cc2ncc(CCN)s2)CC1. The first-order valence-electron chi connectivity index (χ1n) is 7.06. The number of likely N-dealkylation sites (tertiary alicyclic amines) is 1. The Bertz CT molecular complexity index is 354. The lowest BCUT2D eigenvalue weighted by molar-refractivity contribution is 0.149. The smallest absolute Gasteiger partial charge is 0.0930 e. The summed E-state index contributed by atoms with van der Waals surface area (Å²) in [5.74, 6) is 0.830. The number of hydrogen-bond acceptors (Lipinski definition) is 4. The zero-order chi connectivity index (χ0) is 13.0. The molecule has 1 aliphatic rings. The van der Waals surface area contributed by atoms with Gasteiger partial charge in [0.2, 0.25) is 0 Å². The second-order valence-corrected chi connectivity index (χ2v) is 6.74. The van der Waals surface area contributed by atoms with Crippen LogP contribution in [-0.2, 0) is 12.8 Å². The highest BCUT2D eigenvalue weighted by Gasteiger charge is 2.21. The van der Waals surface area contributed by atoms with Crippen LogP contribution < -0.4 is 5.73 Å². The molecular formula is C14H25N3S. The Morgan fingerprint density at radius 1 is 1.44 bits per heavy atom. The van der Waals surface area contributed by atoms with E-state index in [-0.39, 0.29) is 0 Å². The maximum absolute atomic E-state index is 5.57. The molecule has 0 atom stereocenters. The third-order valence-electron chi connectivity index (χ3n) is 3.83. The molecule has 18 heavy (non-hydrogen) atoms. The van der Waals surface area contributed by atoms with Gasteiger partial charge in [-0.1, -0.05) is 0 Å². The van der Waals surface area contributed by atoms with E-state index in [1.165, 1.54) is 42.2 Å². The molecule has 2 heterocycles. The van der Waals surface area contributed by atoms with Crippen LogP contribution in [0.1, 0.15) is 36.6 Å². The molecule has 3 nitrogen and oxygen atoms in total. The maximum atomic E-state index is 5.57. The van der Waals surface area contributed by atoms with Gasteiger partial charge in [0.1, 0.15) is 0 Å². The normalized spacial score (nSPS) is 18.7. The first-order chi connectivity index (χ1) is 8.69. The quantitative estimate of drug-likeness (QED) is 0.890. The summed E-state index contributed by atoms with van der Waals surface area (Å²) < 4.78 is 0. The highest BCUT2D eigenvalue weighted by molar-refractivity contribution is 7.11. The molecule has 1 aromatic heterocycles. The van der Waals surface area contributed by atoms with Crippen LogP contribution in [0.3, 0.4) is 0 Å². The summed E-state index contributed by atoms with van der Waals surface area (Å²) in [7, 11) is 0. The van der Waals surface area contributed by atoms with Crippen LogP contribution in [0.5, 0.6) is 0 Å². The second-order valence-electron chi connectivity index (χ2n) is 5.54. The molecule has 0 aromatic carbocycles. The van der Waals surface area contributed by atoms with Crippen molar-refractivity contribution in [2.24, 2.45) is 11.7 Å². The zero-order valence-corrected chi connectivity index (χ0v) is 12.4. The molecule has 102 valence electrons. The lowest BCUT2D eigenvalue weighted by Crippen LogP contribution is -2.38. The van der Waals surface area contributed by atoms with Crippen molar-refractivity contribution in [1.29, 1.82) is 0 Å². The molecule has 0 unspecified atom stereocenters. The van der Waals surface area contributed by atoms with Crippen molar-refractivity contribution < 1.29 is 0 Å². The predicted octanol–water partition coefficient (Wildman–Crippen LogP) is 2.31. The number of nitrogens with two attached hydrogens (primary N) is 1. The summed E-state index contributed by atoms with van der Waals surface area (Å²) in [6.45, 7) is 7.82. The Morgan fingerprint density at radius 3 is 2.78 bits per heavy atom. The molecule has 0 spiro atoms. The Kier molecular flexibility index (Phi) is 5.15. The van der Waals surface area contributed by atoms with Gasteiger partial charge < -0.3 is 10.6 Å². The minimum Gasteiger partial charge on any atom is -0.330 e. The van der Waals surface area contributed by atoms with Gasteiger partial charge in [-0.3, -0.25) is 0 Å². The van der Waals surface area contributed by atoms with Gasteiger partial charge in [-0.2, -0.15) is 0 Å². The minimum absolute atomic E-state index is 0.696. The molecule has 2 rings (SSSR count). The van der Waals surface area contributed by atoms with E-state index in [1.54, 1.807) is 0 Å². The van der Waals surface area contributed by atoms with E-state index in [9.17, 15) is 0 Å². The van der Waals surface area contributed by atoms with E-state index in [4.69, 9.17) is 5.73 Å². The highest BCUT2D eigenvalue weighted by atomic mass is 32.1. The Balaban J connectivity index is 1.80. The first kappa shape index (κ1) is 14.0. The van der Waals surface area contributed by atoms with Gasteiger partial charge in [-0.25, -0.2) is 4.98 Å². The molecule has 0 aliphatic carbocycles. The minimum atomic E-state index is 0.696. The summed E-state index contributed by atoms with van der Waals surface area (Å²) >= 11 is 1.85. The fraction of sp³-hybridized carbons (Fsp3) is 0.786. The average molecular weight is 267 g/mol. The van der Waals surface area contributed by atoms with Crippen molar-refractivity contribution in [1.82, 2.24) is 9.88 Å². The monoisotopic (exact) mass is 267 g/mol. The molecule has 1 fully saturated rings. The first-order valence-corrected chi connectivity index (χ1v) is 7.88. The third kappa shape index (κ3) is 3.77. The lowest BCUT2D eigenvalue weighted by Gasteiger charge is -2.34. The van der Waals surface area contributed by atoms with Crippen LogP contribution in [0, 0.1) is 5.92 Å². The van der Waals surface area contributed by atoms with Crippen molar-refractivity contribution in [3.8, 4) is 0 Å². The van der Waals surface area contributed by atoms with Crippen LogP contribution in [0.15, 0.2) is 6.20 Å². The number of nitrogens with zero attached hydrogens (tertiary/aromatic N) is 2. The second kappa shape index (κ2) is 6.64. The maximum Gasteiger partial charge on any atom is 0.0930 e. The van der Waals surface area contributed by atoms with Gasteiger partial charge in [0.05, 0.1) is 5.01 Å². The summed E-state index contributed by atoms with van der Waals surface area (Å²) in [5.41, 5.74) is 5.57. The topological polar surface area (TPSA) is 42.2 Å². The Labute approximate surface area is 114 Å². The van der Waals surface area contributed by atoms with E-state index in [2.05, 4.69) is 23.7 Å². The van der Waals surface area contributed by atoms with E-state index in [0.717, 1.165) is 18.9 Å². The molecule has 4 heteroatoms. The highest BCUT2D eigenvalue weighted by Crippen LogP contribution is 2.25. The zero-order valence-electron chi connectivity index (χ0n) is 11.6. The molecular weight excluding hydrogens is 242 g/mol. The summed E-state index contributed by atoms with van der Waals surface area (Å²) in [5, 5.41) is 1.31. The number of piperidine rings is 1. The standard InChI is InChI=1S/C14H25N3S/c1-11(2)17-7-4-12(5-8-17)9-14-16-10-13(18-14)3-6-15/h10-12H,3-9,15H2,1-2H3. The molecule has 0 amide bonds. The van der Waals surface area contributed by atoms with Gasteiger partial charge >= 0.3 is 0 Å². The molecule has 0 bridgehead atoms. The molecule has 1 aliphatic heterocycles. The Hall–Kier alpha value is -0.450. The average Bonchev–Trinajstić information content (AvgIpc) is 2.78. The number of hydrogen-bond donors (Lipinski definition) is 1. The van der Waals surface area contributed by atoms with Gasteiger partial charge in [-0.05, 0) is 58.7 Å². The van der Waals surface area contributed by atoms with Crippen LogP contribution in [0.25, 0.3) is 0 Å². The van der Waals surface area contributed by atoms with Gasteiger partial charge in [0.25, 0.3) is 0 Å². The molecule has 0 radical (unpaired) electrons. The summed E-state index contributed by atoms with van der Waals surface area (Å²) in [6.07, 6.45) is 6.80. The van der Waals surface area contributed by atoms with Crippen LogP contribution in [-0.4, -0.2) is 35.6 Å². The molecule has 1 aromatic rings. The van der Waals surface area contributed by atoms with E-state index in [1.807, 2.05) is 17.5 Å². The Morgan fingerprint density at radius 2 is 2.17 bits per heavy atom. The largest absolute Gasteiger partial charge is 0.330 e. The molecule has 0 saturated carbocycles. The molecule has 2 N–H and O–H groups in total. The van der Waals surface area contributed by atoms with Crippen molar-refractivity contribution >= 4 is 11.3 Å². The number of aromatic nitrogens is 1. The van der Waals surface area contributed by atoms with Crippen molar-refractivity contribution in [3.63, 3.8) is 0 Å². The van der Waals surface area contributed by atoms with E-state index >= 15 is 0 Å². The van der Waals surface area contributed by atoms with Gasteiger partial charge in [-0.15, -0.1) is 11.3 Å².